The highest BCUT2D eigenvalue weighted by atomic mass is 35.5. The second-order valence-electron chi connectivity index (χ2n) is 4.01. The number of hydrogen-bond acceptors (Lipinski definition) is 4. The molecule has 108 valence electrons. The van der Waals surface area contributed by atoms with E-state index in [9.17, 15) is 5.11 Å². The highest BCUT2D eigenvalue weighted by Gasteiger charge is 2.13. The van der Waals surface area contributed by atoms with Crippen LogP contribution in [0, 0.1) is 0 Å². The monoisotopic (exact) mass is 288 g/mol. The SMILES string of the molecule is CCOC(COc1ccc(Cl)cc1[C@@H](C)O)OCC. The first-order valence-corrected chi connectivity index (χ1v) is 6.79. The molecule has 1 atom stereocenters. The molecular weight excluding hydrogens is 268 g/mol. The molecule has 0 aliphatic heterocycles. The molecule has 1 rings (SSSR count). The normalized spacial score (nSPS) is 12.7. The molecule has 0 aliphatic rings. The van der Waals surface area contributed by atoms with E-state index in [1.54, 1.807) is 25.1 Å². The molecule has 0 saturated heterocycles. The molecule has 0 unspecified atom stereocenters. The fourth-order valence-corrected chi connectivity index (χ4v) is 1.83. The minimum atomic E-state index is -0.647. The number of aliphatic hydroxyl groups excluding tert-OH is 1. The number of benzene rings is 1. The van der Waals surface area contributed by atoms with Crippen molar-refractivity contribution in [2.45, 2.75) is 33.2 Å². The third-order valence-electron chi connectivity index (χ3n) is 2.50. The molecule has 5 heteroatoms. The van der Waals surface area contributed by atoms with Gasteiger partial charge in [-0.05, 0) is 39.0 Å². The Hall–Kier alpha value is -0.810. The molecule has 0 fully saturated rings. The molecule has 19 heavy (non-hydrogen) atoms. The van der Waals surface area contributed by atoms with Gasteiger partial charge in [0.15, 0.2) is 6.29 Å². The van der Waals surface area contributed by atoms with Gasteiger partial charge in [0, 0.05) is 23.8 Å². The summed E-state index contributed by atoms with van der Waals surface area (Å²) in [5, 5.41) is 10.3. The second-order valence-corrected chi connectivity index (χ2v) is 4.45. The molecular formula is C14H21ClO4. The molecule has 0 spiro atoms. The van der Waals surface area contributed by atoms with Gasteiger partial charge in [-0.25, -0.2) is 0 Å². The summed E-state index contributed by atoms with van der Waals surface area (Å²) >= 11 is 5.91. The van der Waals surface area contributed by atoms with Crippen LogP contribution in [-0.4, -0.2) is 31.2 Å². The minimum absolute atomic E-state index is 0.267. The predicted octanol–water partition coefficient (Wildman–Crippen LogP) is 3.17. The van der Waals surface area contributed by atoms with Gasteiger partial charge < -0.3 is 19.3 Å². The fourth-order valence-electron chi connectivity index (χ4n) is 1.65. The van der Waals surface area contributed by atoms with Crippen molar-refractivity contribution in [2.75, 3.05) is 19.8 Å². The summed E-state index contributed by atoms with van der Waals surface area (Å²) in [5.74, 6) is 0.587. The van der Waals surface area contributed by atoms with E-state index < -0.39 is 12.4 Å². The number of rotatable bonds is 8. The Morgan fingerprint density at radius 1 is 1.21 bits per heavy atom. The van der Waals surface area contributed by atoms with Gasteiger partial charge in [0.2, 0.25) is 0 Å². The Balaban J connectivity index is 2.70. The van der Waals surface area contributed by atoms with Gasteiger partial charge in [0.05, 0.1) is 6.10 Å². The quantitative estimate of drug-likeness (QED) is 0.747. The maximum Gasteiger partial charge on any atom is 0.191 e. The Morgan fingerprint density at radius 3 is 2.37 bits per heavy atom. The molecule has 0 aliphatic carbocycles. The summed E-state index contributed by atoms with van der Waals surface area (Å²) in [6.45, 7) is 6.84. The lowest BCUT2D eigenvalue weighted by Gasteiger charge is -2.19. The number of hydrogen-bond donors (Lipinski definition) is 1. The lowest BCUT2D eigenvalue weighted by atomic mass is 10.1. The molecule has 0 bridgehead atoms. The van der Waals surface area contributed by atoms with Crippen LogP contribution in [0.3, 0.4) is 0 Å². The Bertz CT molecular complexity index is 376. The van der Waals surface area contributed by atoms with Crippen LogP contribution < -0.4 is 4.74 Å². The third-order valence-corrected chi connectivity index (χ3v) is 2.74. The molecule has 4 nitrogen and oxygen atoms in total. The summed E-state index contributed by atoms with van der Waals surface area (Å²) in [6.07, 6.45) is -1.06. The smallest absolute Gasteiger partial charge is 0.191 e. The van der Waals surface area contributed by atoms with Crippen LogP contribution in [-0.2, 0) is 9.47 Å². The van der Waals surface area contributed by atoms with Crippen molar-refractivity contribution in [1.82, 2.24) is 0 Å². The van der Waals surface area contributed by atoms with E-state index in [-0.39, 0.29) is 6.61 Å². The average Bonchev–Trinajstić information content (AvgIpc) is 2.37. The Kier molecular flexibility index (Phi) is 7.16. The van der Waals surface area contributed by atoms with Crippen molar-refractivity contribution in [1.29, 1.82) is 0 Å². The lowest BCUT2D eigenvalue weighted by molar-refractivity contribution is -0.152. The van der Waals surface area contributed by atoms with Crippen LogP contribution >= 0.6 is 11.6 Å². The van der Waals surface area contributed by atoms with Crippen LogP contribution in [0.15, 0.2) is 18.2 Å². The van der Waals surface area contributed by atoms with Gasteiger partial charge in [-0.15, -0.1) is 0 Å². The van der Waals surface area contributed by atoms with E-state index in [0.717, 1.165) is 0 Å². The zero-order chi connectivity index (χ0) is 14.3. The molecule has 0 aromatic heterocycles. The van der Waals surface area contributed by atoms with E-state index in [4.69, 9.17) is 25.8 Å². The summed E-state index contributed by atoms with van der Waals surface area (Å²) in [7, 11) is 0. The van der Waals surface area contributed by atoms with Gasteiger partial charge in [-0.3, -0.25) is 0 Å². The van der Waals surface area contributed by atoms with E-state index >= 15 is 0 Å². The topological polar surface area (TPSA) is 47.9 Å². The molecule has 0 amide bonds. The summed E-state index contributed by atoms with van der Waals surface area (Å²) < 4.78 is 16.4. The molecule has 0 radical (unpaired) electrons. The van der Waals surface area contributed by atoms with Crippen molar-refractivity contribution in [2.24, 2.45) is 0 Å². The molecule has 1 aromatic carbocycles. The highest BCUT2D eigenvalue weighted by molar-refractivity contribution is 6.30. The van der Waals surface area contributed by atoms with Gasteiger partial charge in [0.1, 0.15) is 12.4 Å². The Morgan fingerprint density at radius 2 is 1.84 bits per heavy atom. The maximum absolute atomic E-state index is 9.70. The maximum atomic E-state index is 9.70. The first-order chi connectivity index (χ1) is 9.08. The lowest BCUT2D eigenvalue weighted by Crippen LogP contribution is -2.25. The van der Waals surface area contributed by atoms with Crippen LogP contribution in [0.5, 0.6) is 5.75 Å². The number of halogens is 1. The summed E-state index contributed by atoms with van der Waals surface area (Å²) in [6, 6.07) is 5.15. The van der Waals surface area contributed by atoms with Crippen LogP contribution in [0.4, 0.5) is 0 Å². The number of aliphatic hydroxyl groups is 1. The Labute approximate surface area is 119 Å². The highest BCUT2D eigenvalue weighted by Crippen LogP contribution is 2.28. The minimum Gasteiger partial charge on any atom is -0.488 e. The largest absolute Gasteiger partial charge is 0.488 e. The van der Waals surface area contributed by atoms with E-state index in [0.29, 0.717) is 29.5 Å². The zero-order valence-corrected chi connectivity index (χ0v) is 12.3. The van der Waals surface area contributed by atoms with E-state index in [2.05, 4.69) is 0 Å². The van der Waals surface area contributed by atoms with Crippen molar-refractivity contribution in [3.63, 3.8) is 0 Å². The molecule has 1 N–H and O–H groups in total. The second kappa shape index (κ2) is 8.38. The van der Waals surface area contributed by atoms with Crippen molar-refractivity contribution < 1.29 is 19.3 Å². The predicted molar refractivity (Wildman–Crippen MR) is 74.6 cm³/mol. The van der Waals surface area contributed by atoms with Crippen molar-refractivity contribution >= 4 is 11.6 Å². The van der Waals surface area contributed by atoms with Crippen LogP contribution in [0.1, 0.15) is 32.4 Å². The van der Waals surface area contributed by atoms with Gasteiger partial charge in [-0.1, -0.05) is 11.6 Å². The molecule has 0 heterocycles. The first kappa shape index (κ1) is 16.2. The van der Waals surface area contributed by atoms with Crippen LogP contribution in [0.25, 0.3) is 0 Å². The van der Waals surface area contributed by atoms with Crippen molar-refractivity contribution in [3.8, 4) is 5.75 Å². The van der Waals surface area contributed by atoms with Gasteiger partial charge in [-0.2, -0.15) is 0 Å². The molecule has 1 aromatic rings. The standard InChI is InChI=1S/C14H21ClO4/c1-4-17-14(18-5-2)9-19-13-7-6-11(15)8-12(13)10(3)16/h6-8,10,14,16H,4-5,9H2,1-3H3/t10-/m1/s1. The van der Waals surface area contributed by atoms with Crippen molar-refractivity contribution in [3.05, 3.63) is 28.8 Å². The summed E-state index contributed by atoms with van der Waals surface area (Å²) in [5.41, 5.74) is 0.652. The number of ether oxygens (including phenoxy) is 3. The fraction of sp³-hybridized carbons (Fsp3) is 0.571. The molecule has 0 saturated carbocycles. The van der Waals surface area contributed by atoms with E-state index in [1.807, 2.05) is 13.8 Å². The van der Waals surface area contributed by atoms with E-state index in [1.165, 1.54) is 0 Å². The van der Waals surface area contributed by atoms with Crippen LogP contribution in [0.2, 0.25) is 5.02 Å². The third kappa shape index (κ3) is 5.37. The first-order valence-electron chi connectivity index (χ1n) is 6.42. The van der Waals surface area contributed by atoms with Gasteiger partial charge in [0.25, 0.3) is 0 Å². The summed E-state index contributed by atoms with van der Waals surface area (Å²) in [4.78, 5) is 0. The average molecular weight is 289 g/mol. The van der Waals surface area contributed by atoms with Gasteiger partial charge >= 0.3 is 0 Å². The zero-order valence-electron chi connectivity index (χ0n) is 11.6.